The minimum absolute atomic E-state index is 0.0777. The monoisotopic (exact) mass is 390 g/mol. The molecule has 0 saturated heterocycles. The molecule has 0 saturated carbocycles. The number of amides is 1. The zero-order chi connectivity index (χ0) is 20.1. The Morgan fingerprint density at radius 2 is 2.14 bits per heavy atom. The van der Waals surface area contributed by atoms with Crippen molar-refractivity contribution in [3.8, 4) is 17.2 Å². The number of pyridine rings is 1. The maximum Gasteiger partial charge on any atom is 0.244 e. The summed E-state index contributed by atoms with van der Waals surface area (Å²) in [5.74, 6) is 0.628. The number of carbonyl (C=O) groups excluding carboxylic acids is 1. The molecule has 0 bridgehead atoms. The second-order valence-corrected chi connectivity index (χ2v) is 6.61. The molecule has 1 N–H and O–H groups in total. The summed E-state index contributed by atoms with van der Waals surface area (Å²) in [7, 11) is 0. The van der Waals surface area contributed by atoms with Crippen molar-refractivity contribution in [2.24, 2.45) is 0 Å². The molecule has 29 heavy (non-hydrogen) atoms. The van der Waals surface area contributed by atoms with Crippen molar-refractivity contribution in [2.45, 2.75) is 12.5 Å². The van der Waals surface area contributed by atoms with Gasteiger partial charge < -0.3 is 14.8 Å². The second-order valence-electron chi connectivity index (χ2n) is 6.61. The summed E-state index contributed by atoms with van der Waals surface area (Å²) in [6, 6.07) is 15.7. The molecule has 1 aliphatic heterocycles. The Balaban J connectivity index is 1.29. The summed E-state index contributed by atoms with van der Waals surface area (Å²) in [6.45, 7) is 0.407. The number of hydrogen-bond donors (Lipinski definition) is 1. The fraction of sp³-hybridized carbons (Fsp3) is 0.130. The fourth-order valence-electron chi connectivity index (χ4n) is 3.05. The van der Waals surface area contributed by atoms with Crippen LogP contribution >= 0.6 is 0 Å². The zero-order valence-corrected chi connectivity index (χ0v) is 15.5. The van der Waals surface area contributed by atoms with Crippen LogP contribution in [-0.2, 0) is 11.2 Å². The van der Waals surface area contributed by atoms with E-state index in [4.69, 9.17) is 9.47 Å². The molecule has 2 heterocycles. The van der Waals surface area contributed by atoms with E-state index in [1.165, 1.54) is 24.4 Å². The highest BCUT2D eigenvalue weighted by Crippen LogP contribution is 2.28. The first-order valence-corrected chi connectivity index (χ1v) is 9.25. The summed E-state index contributed by atoms with van der Waals surface area (Å²) < 4.78 is 25.5. The lowest BCUT2D eigenvalue weighted by molar-refractivity contribution is -0.116. The van der Waals surface area contributed by atoms with Gasteiger partial charge in [-0.15, -0.1) is 0 Å². The standard InChI is InChI=1S/C23H19FN2O3/c24-20-12-16(7-9-22(20)28-18-5-3-11-25-14-18)8-10-23(27)26-15-19-13-17-4-1-2-6-21(17)29-19/h1-12,14,19H,13,15H2,(H,26,27)/b10-8+. The lowest BCUT2D eigenvalue weighted by Gasteiger charge is -2.10. The van der Waals surface area contributed by atoms with Crippen LogP contribution in [0, 0.1) is 5.82 Å². The van der Waals surface area contributed by atoms with E-state index in [9.17, 15) is 9.18 Å². The predicted octanol–water partition coefficient (Wildman–Crippen LogP) is 4.15. The molecule has 1 aromatic heterocycles. The van der Waals surface area contributed by atoms with Crippen molar-refractivity contribution < 1.29 is 18.7 Å². The average Bonchev–Trinajstić information content (AvgIpc) is 3.16. The van der Waals surface area contributed by atoms with Crippen molar-refractivity contribution in [3.05, 3.63) is 90.0 Å². The smallest absolute Gasteiger partial charge is 0.244 e. The van der Waals surface area contributed by atoms with Gasteiger partial charge in [0.25, 0.3) is 0 Å². The first-order valence-electron chi connectivity index (χ1n) is 9.25. The van der Waals surface area contributed by atoms with E-state index >= 15 is 0 Å². The van der Waals surface area contributed by atoms with Crippen molar-refractivity contribution in [2.75, 3.05) is 6.54 Å². The Hall–Kier alpha value is -3.67. The summed E-state index contributed by atoms with van der Waals surface area (Å²) >= 11 is 0. The minimum atomic E-state index is -0.520. The second kappa shape index (κ2) is 8.56. The summed E-state index contributed by atoms with van der Waals surface area (Å²) in [5, 5.41) is 2.81. The van der Waals surface area contributed by atoms with E-state index in [2.05, 4.69) is 10.3 Å². The van der Waals surface area contributed by atoms with Gasteiger partial charge in [0.15, 0.2) is 11.6 Å². The van der Waals surface area contributed by atoms with E-state index in [0.717, 1.165) is 17.7 Å². The Kier molecular flexibility index (Phi) is 5.52. The number of rotatable bonds is 6. The molecule has 146 valence electrons. The fourth-order valence-corrected chi connectivity index (χ4v) is 3.05. The number of halogens is 1. The normalized spacial score (nSPS) is 15.0. The first kappa shape index (κ1) is 18.7. The van der Waals surface area contributed by atoms with Crippen LogP contribution in [0.25, 0.3) is 6.08 Å². The SMILES string of the molecule is O=C(/C=C/c1ccc(Oc2cccnc2)c(F)c1)NCC1Cc2ccccc2O1. The molecule has 0 aliphatic carbocycles. The Labute approximate surface area is 167 Å². The number of hydrogen-bond acceptors (Lipinski definition) is 4. The van der Waals surface area contributed by atoms with E-state index in [-0.39, 0.29) is 17.8 Å². The van der Waals surface area contributed by atoms with Crippen LogP contribution in [0.1, 0.15) is 11.1 Å². The summed E-state index contributed by atoms with van der Waals surface area (Å²) in [5.41, 5.74) is 1.70. The van der Waals surface area contributed by atoms with Gasteiger partial charge in [0.2, 0.25) is 5.91 Å². The van der Waals surface area contributed by atoms with E-state index in [1.54, 1.807) is 30.5 Å². The summed E-state index contributed by atoms with van der Waals surface area (Å²) in [4.78, 5) is 16.0. The number of benzene rings is 2. The number of nitrogens with zero attached hydrogens (tertiary/aromatic N) is 1. The van der Waals surface area contributed by atoms with Gasteiger partial charge in [0.1, 0.15) is 17.6 Å². The van der Waals surface area contributed by atoms with Crippen molar-refractivity contribution >= 4 is 12.0 Å². The molecule has 1 amide bonds. The van der Waals surface area contributed by atoms with Crippen molar-refractivity contribution in [3.63, 3.8) is 0 Å². The van der Waals surface area contributed by atoms with Crippen molar-refractivity contribution in [1.82, 2.24) is 10.3 Å². The predicted molar refractivity (Wildman–Crippen MR) is 107 cm³/mol. The molecular weight excluding hydrogens is 371 g/mol. The lowest BCUT2D eigenvalue weighted by Crippen LogP contribution is -2.33. The number of carbonyl (C=O) groups is 1. The van der Waals surface area contributed by atoms with E-state index in [1.807, 2.05) is 24.3 Å². The molecule has 1 unspecified atom stereocenters. The van der Waals surface area contributed by atoms with Gasteiger partial charge in [-0.1, -0.05) is 24.3 Å². The van der Waals surface area contributed by atoms with Crippen LogP contribution in [0.3, 0.4) is 0 Å². The van der Waals surface area contributed by atoms with Gasteiger partial charge in [-0.2, -0.15) is 0 Å². The summed E-state index contributed by atoms with van der Waals surface area (Å²) in [6.07, 6.45) is 6.73. The van der Waals surface area contributed by atoms with Gasteiger partial charge in [0.05, 0.1) is 12.7 Å². The quantitative estimate of drug-likeness (QED) is 0.643. The minimum Gasteiger partial charge on any atom is -0.488 e. The third-order valence-corrected chi connectivity index (χ3v) is 4.46. The lowest BCUT2D eigenvalue weighted by atomic mass is 10.1. The van der Waals surface area contributed by atoms with Crippen LogP contribution in [0.15, 0.2) is 73.1 Å². The van der Waals surface area contributed by atoms with Gasteiger partial charge in [-0.3, -0.25) is 9.78 Å². The van der Waals surface area contributed by atoms with Crippen molar-refractivity contribution in [1.29, 1.82) is 0 Å². The van der Waals surface area contributed by atoms with Crippen LogP contribution in [0.2, 0.25) is 0 Å². The van der Waals surface area contributed by atoms with Crippen LogP contribution < -0.4 is 14.8 Å². The Bertz CT molecular complexity index is 1010. The van der Waals surface area contributed by atoms with E-state index < -0.39 is 5.82 Å². The van der Waals surface area contributed by atoms with Crippen LogP contribution in [0.4, 0.5) is 4.39 Å². The Morgan fingerprint density at radius 3 is 2.93 bits per heavy atom. The zero-order valence-electron chi connectivity index (χ0n) is 15.5. The van der Waals surface area contributed by atoms with Gasteiger partial charge >= 0.3 is 0 Å². The molecular formula is C23H19FN2O3. The topological polar surface area (TPSA) is 60.5 Å². The average molecular weight is 390 g/mol. The Morgan fingerprint density at radius 1 is 1.24 bits per heavy atom. The number of nitrogens with one attached hydrogen (secondary N) is 1. The van der Waals surface area contributed by atoms with Crippen LogP contribution in [0.5, 0.6) is 17.2 Å². The number of ether oxygens (including phenoxy) is 2. The molecule has 4 rings (SSSR count). The van der Waals surface area contributed by atoms with E-state index in [0.29, 0.717) is 17.9 Å². The number of para-hydroxylation sites is 1. The molecule has 0 radical (unpaired) electrons. The molecule has 0 fully saturated rings. The maximum absolute atomic E-state index is 14.2. The molecule has 5 nitrogen and oxygen atoms in total. The molecule has 6 heteroatoms. The maximum atomic E-state index is 14.2. The number of aromatic nitrogens is 1. The van der Waals surface area contributed by atoms with Gasteiger partial charge in [0, 0.05) is 18.7 Å². The largest absolute Gasteiger partial charge is 0.488 e. The highest BCUT2D eigenvalue weighted by molar-refractivity contribution is 5.91. The molecule has 0 spiro atoms. The molecule has 2 aromatic carbocycles. The number of fused-ring (bicyclic) bond motifs is 1. The first-order chi connectivity index (χ1) is 14.2. The highest BCUT2D eigenvalue weighted by atomic mass is 19.1. The van der Waals surface area contributed by atoms with Gasteiger partial charge in [-0.25, -0.2) is 4.39 Å². The van der Waals surface area contributed by atoms with Crippen LogP contribution in [-0.4, -0.2) is 23.5 Å². The highest BCUT2D eigenvalue weighted by Gasteiger charge is 2.22. The van der Waals surface area contributed by atoms with Gasteiger partial charge in [-0.05, 0) is 47.5 Å². The molecule has 3 aromatic rings. The third kappa shape index (κ3) is 4.79. The third-order valence-electron chi connectivity index (χ3n) is 4.46. The molecule has 1 atom stereocenters. The molecule has 1 aliphatic rings.